The highest BCUT2D eigenvalue weighted by atomic mass is 19.1. The first-order valence-corrected chi connectivity index (χ1v) is 5.00. The Bertz CT molecular complexity index is 344. The summed E-state index contributed by atoms with van der Waals surface area (Å²) >= 11 is 0. The highest BCUT2D eigenvalue weighted by molar-refractivity contribution is 5.21. The highest BCUT2D eigenvalue weighted by Crippen LogP contribution is 2.22. The molecule has 16 heavy (non-hydrogen) atoms. The Morgan fingerprint density at radius 1 is 1.19 bits per heavy atom. The second-order valence-electron chi connectivity index (χ2n) is 3.63. The van der Waals surface area contributed by atoms with E-state index in [1.807, 2.05) is 0 Å². The molecule has 1 fully saturated rings. The van der Waals surface area contributed by atoms with E-state index in [2.05, 4.69) is 0 Å². The summed E-state index contributed by atoms with van der Waals surface area (Å²) in [6.07, 6.45) is -1.65. The predicted octanol–water partition coefficient (Wildman–Crippen LogP) is 1.41. The van der Waals surface area contributed by atoms with Gasteiger partial charge in [-0.05, 0) is 17.7 Å². The zero-order valence-corrected chi connectivity index (χ0v) is 8.53. The van der Waals surface area contributed by atoms with Gasteiger partial charge in [-0.15, -0.1) is 0 Å². The Morgan fingerprint density at radius 3 is 2.44 bits per heavy atom. The van der Waals surface area contributed by atoms with Crippen LogP contribution in [0.2, 0.25) is 0 Å². The maximum Gasteiger partial charge on any atom is 0.126 e. The predicted molar refractivity (Wildman–Crippen MR) is 51.9 cm³/mol. The molecule has 0 aliphatic carbocycles. The number of rotatable bonds is 2. The minimum atomic E-state index is -1.08. The van der Waals surface area contributed by atoms with E-state index in [-0.39, 0.29) is 12.2 Å². The van der Waals surface area contributed by atoms with Gasteiger partial charge in [0.15, 0.2) is 0 Å². The average molecular weight is 230 g/mol. The largest absolute Gasteiger partial charge is 0.386 e. The molecule has 0 saturated carbocycles. The molecule has 1 saturated heterocycles. The summed E-state index contributed by atoms with van der Waals surface area (Å²) in [4.78, 5) is 0. The Morgan fingerprint density at radius 2 is 1.88 bits per heavy atom. The molecule has 0 bridgehead atoms. The van der Waals surface area contributed by atoms with E-state index in [1.54, 1.807) is 0 Å². The SMILES string of the molecule is OC(c1cc(F)cc(F)c1)C1COCCO1. The van der Waals surface area contributed by atoms with Gasteiger partial charge in [0.2, 0.25) is 0 Å². The van der Waals surface area contributed by atoms with Crippen LogP contribution in [-0.2, 0) is 9.47 Å². The van der Waals surface area contributed by atoms with E-state index in [9.17, 15) is 13.9 Å². The van der Waals surface area contributed by atoms with Crippen molar-refractivity contribution in [3.63, 3.8) is 0 Å². The fourth-order valence-corrected chi connectivity index (χ4v) is 1.65. The van der Waals surface area contributed by atoms with Gasteiger partial charge in [-0.3, -0.25) is 0 Å². The lowest BCUT2D eigenvalue weighted by molar-refractivity contribution is -0.133. The van der Waals surface area contributed by atoms with Crippen molar-refractivity contribution in [2.24, 2.45) is 0 Å². The molecule has 1 aliphatic heterocycles. The van der Waals surface area contributed by atoms with E-state index in [0.717, 1.165) is 18.2 Å². The van der Waals surface area contributed by atoms with Crippen molar-refractivity contribution < 1.29 is 23.4 Å². The van der Waals surface area contributed by atoms with Gasteiger partial charge in [0.05, 0.1) is 19.8 Å². The van der Waals surface area contributed by atoms with E-state index in [1.165, 1.54) is 0 Å². The van der Waals surface area contributed by atoms with Crippen molar-refractivity contribution in [3.05, 3.63) is 35.4 Å². The summed E-state index contributed by atoms with van der Waals surface area (Å²) in [5, 5.41) is 9.86. The summed E-state index contributed by atoms with van der Waals surface area (Å²) in [6.45, 7) is 1.07. The third kappa shape index (κ3) is 2.55. The minimum Gasteiger partial charge on any atom is -0.386 e. The van der Waals surface area contributed by atoms with Crippen LogP contribution in [0.15, 0.2) is 18.2 Å². The molecule has 88 valence electrons. The zero-order valence-electron chi connectivity index (χ0n) is 8.53. The Balaban J connectivity index is 2.15. The molecule has 2 rings (SSSR count). The van der Waals surface area contributed by atoms with Crippen molar-refractivity contribution in [2.45, 2.75) is 12.2 Å². The lowest BCUT2D eigenvalue weighted by Gasteiger charge is -2.27. The number of aliphatic hydroxyl groups excluding tert-OH is 1. The van der Waals surface area contributed by atoms with Crippen LogP contribution in [0.4, 0.5) is 8.78 Å². The van der Waals surface area contributed by atoms with E-state index >= 15 is 0 Å². The minimum absolute atomic E-state index is 0.160. The van der Waals surface area contributed by atoms with Crippen molar-refractivity contribution in [3.8, 4) is 0 Å². The Kier molecular flexibility index (Phi) is 3.48. The molecule has 0 aromatic heterocycles. The molecule has 1 N–H and O–H groups in total. The van der Waals surface area contributed by atoms with Gasteiger partial charge in [-0.2, -0.15) is 0 Å². The molecule has 5 heteroatoms. The fourth-order valence-electron chi connectivity index (χ4n) is 1.65. The molecule has 1 aliphatic rings. The lowest BCUT2D eigenvalue weighted by atomic mass is 10.0. The van der Waals surface area contributed by atoms with Crippen LogP contribution >= 0.6 is 0 Å². The molecule has 0 spiro atoms. The molecule has 2 atom stereocenters. The molecule has 1 aromatic carbocycles. The van der Waals surface area contributed by atoms with Gasteiger partial charge in [0.1, 0.15) is 23.8 Å². The standard InChI is InChI=1S/C11H12F2O3/c12-8-3-7(4-9(13)5-8)11(14)10-6-15-1-2-16-10/h3-5,10-11,14H,1-2,6H2. The van der Waals surface area contributed by atoms with Gasteiger partial charge in [0.25, 0.3) is 0 Å². The summed E-state index contributed by atoms with van der Waals surface area (Å²) in [6, 6.07) is 2.94. The second-order valence-corrected chi connectivity index (χ2v) is 3.63. The van der Waals surface area contributed by atoms with Gasteiger partial charge in [-0.25, -0.2) is 8.78 Å². The van der Waals surface area contributed by atoms with E-state index < -0.39 is 23.8 Å². The third-order valence-corrected chi connectivity index (χ3v) is 2.42. The molecule has 1 aromatic rings. The zero-order chi connectivity index (χ0) is 11.5. The van der Waals surface area contributed by atoms with Crippen LogP contribution in [0.5, 0.6) is 0 Å². The van der Waals surface area contributed by atoms with Gasteiger partial charge in [-0.1, -0.05) is 0 Å². The third-order valence-electron chi connectivity index (χ3n) is 2.42. The number of hydrogen-bond acceptors (Lipinski definition) is 3. The van der Waals surface area contributed by atoms with Crippen molar-refractivity contribution in [1.29, 1.82) is 0 Å². The van der Waals surface area contributed by atoms with E-state index in [0.29, 0.717) is 13.2 Å². The monoisotopic (exact) mass is 230 g/mol. The Hall–Kier alpha value is -1.04. The highest BCUT2D eigenvalue weighted by Gasteiger charge is 2.25. The molecule has 0 amide bonds. The van der Waals surface area contributed by atoms with Crippen LogP contribution < -0.4 is 0 Å². The number of hydrogen-bond donors (Lipinski definition) is 1. The van der Waals surface area contributed by atoms with Crippen molar-refractivity contribution in [2.75, 3.05) is 19.8 Å². The first kappa shape index (κ1) is 11.4. The number of ether oxygens (including phenoxy) is 2. The van der Waals surface area contributed by atoms with Crippen LogP contribution in [0, 0.1) is 11.6 Å². The first-order chi connectivity index (χ1) is 7.66. The Labute approximate surface area is 91.6 Å². The molecule has 0 radical (unpaired) electrons. The first-order valence-electron chi connectivity index (χ1n) is 5.00. The van der Waals surface area contributed by atoms with Crippen LogP contribution in [0.25, 0.3) is 0 Å². The van der Waals surface area contributed by atoms with E-state index in [4.69, 9.17) is 9.47 Å². The molecular weight excluding hydrogens is 218 g/mol. The normalized spacial score (nSPS) is 23.1. The summed E-state index contributed by atoms with van der Waals surface area (Å²) < 4.78 is 36.2. The van der Waals surface area contributed by atoms with Crippen molar-refractivity contribution >= 4 is 0 Å². The van der Waals surface area contributed by atoms with Crippen molar-refractivity contribution in [1.82, 2.24) is 0 Å². The molecule has 1 heterocycles. The lowest BCUT2D eigenvalue weighted by Crippen LogP contribution is -2.33. The summed E-state index contributed by atoms with van der Waals surface area (Å²) in [5.41, 5.74) is 0.160. The number of benzene rings is 1. The maximum absolute atomic E-state index is 12.9. The van der Waals surface area contributed by atoms with Gasteiger partial charge < -0.3 is 14.6 Å². The van der Waals surface area contributed by atoms with Crippen LogP contribution in [-0.4, -0.2) is 31.0 Å². The van der Waals surface area contributed by atoms with Crippen LogP contribution in [0.1, 0.15) is 11.7 Å². The smallest absolute Gasteiger partial charge is 0.126 e. The quantitative estimate of drug-likeness (QED) is 0.835. The van der Waals surface area contributed by atoms with Gasteiger partial charge >= 0.3 is 0 Å². The van der Waals surface area contributed by atoms with Crippen LogP contribution in [0.3, 0.4) is 0 Å². The fraction of sp³-hybridized carbons (Fsp3) is 0.455. The molecule has 3 nitrogen and oxygen atoms in total. The second kappa shape index (κ2) is 4.86. The maximum atomic E-state index is 12.9. The summed E-state index contributed by atoms with van der Waals surface area (Å²) in [5.74, 6) is -1.43. The van der Waals surface area contributed by atoms with Gasteiger partial charge in [0, 0.05) is 6.07 Å². The molecular formula is C11H12F2O3. The molecule has 2 unspecified atom stereocenters. The number of halogens is 2. The topological polar surface area (TPSA) is 38.7 Å². The average Bonchev–Trinajstić information content (AvgIpc) is 2.28. The number of aliphatic hydroxyl groups is 1. The summed E-state index contributed by atoms with van der Waals surface area (Å²) in [7, 11) is 0.